The first-order chi connectivity index (χ1) is 21.0. The first kappa shape index (κ1) is 47.1. The van der Waals surface area contributed by atoms with Crippen LogP contribution in [-0.2, 0) is 33.6 Å². The van der Waals surface area contributed by atoms with Crippen LogP contribution >= 0.6 is 0 Å². The fourth-order valence-corrected chi connectivity index (χ4v) is 2.44. The summed E-state index contributed by atoms with van der Waals surface area (Å²) in [6.45, 7) is 10.9. The highest BCUT2D eigenvalue weighted by molar-refractivity contribution is 5.92. The van der Waals surface area contributed by atoms with Gasteiger partial charge in [0.1, 0.15) is 24.6 Å². The van der Waals surface area contributed by atoms with Gasteiger partial charge in [-0.3, -0.25) is 33.6 Å². The highest BCUT2D eigenvalue weighted by Crippen LogP contribution is 2.00. The van der Waals surface area contributed by atoms with Crippen molar-refractivity contribution >= 4 is 48.2 Å². The maximum Gasteiger partial charge on any atom is 0.320 e. The topological polar surface area (TPSA) is 297 Å². The molecule has 18 nitrogen and oxygen atoms in total. The van der Waals surface area contributed by atoms with Crippen LogP contribution in [0.3, 0.4) is 0 Å². The Hall–Kier alpha value is -4.84. The maximum absolute atomic E-state index is 11.5. The lowest BCUT2D eigenvalue weighted by Crippen LogP contribution is -2.49. The van der Waals surface area contributed by atoms with Crippen LogP contribution in [0.25, 0.3) is 0 Å². The quantitative estimate of drug-likeness (QED) is 0.111. The Morgan fingerprint density at radius 2 is 1.51 bits per heavy atom. The van der Waals surface area contributed by atoms with Crippen molar-refractivity contribution in [2.45, 2.75) is 65.6 Å². The summed E-state index contributed by atoms with van der Waals surface area (Å²) in [7, 11) is 4.67. The summed E-state index contributed by atoms with van der Waals surface area (Å²) >= 11 is 0. The van der Waals surface area contributed by atoms with Gasteiger partial charge < -0.3 is 58.3 Å². The monoisotopic (exact) mass is 645 g/mol. The van der Waals surface area contributed by atoms with Gasteiger partial charge in [0.05, 0.1) is 12.6 Å². The van der Waals surface area contributed by atoms with Crippen molar-refractivity contribution in [3.63, 3.8) is 0 Å². The van der Waals surface area contributed by atoms with Gasteiger partial charge in [0.2, 0.25) is 29.5 Å². The van der Waals surface area contributed by atoms with E-state index in [4.69, 9.17) is 21.4 Å². The highest BCUT2D eigenvalue weighted by atomic mass is 16.4. The summed E-state index contributed by atoms with van der Waals surface area (Å²) in [5.41, 5.74) is 12.1. The molecule has 0 saturated carbocycles. The van der Waals surface area contributed by atoms with Gasteiger partial charge in [-0.25, -0.2) is 0 Å². The number of nitrogens with two attached hydrogens (primary N) is 2. The number of likely N-dealkylation sites (N-methyl/N-ethyl adjacent to an activating group) is 2. The van der Waals surface area contributed by atoms with E-state index in [1.165, 1.54) is 20.9 Å². The number of rotatable bonds is 12. The third kappa shape index (κ3) is 29.0. The Labute approximate surface area is 263 Å². The summed E-state index contributed by atoms with van der Waals surface area (Å²) in [4.78, 5) is 86.2. The molecule has 1 rings (SSSR count). The second kappa shape index (κ2) is 29.2. The molecule has 0 aliphatic carbocycles. The number of aliphatic carboxylic acids is 1. The average molecular weight is 646 g/mol. The molecule has 258 valence electrons. The van der Waals surface area contributed by atoms with Gasteiger partial charge in [0, 0.05) is 40.2 Å². The number of nitrogens with one attached hydrogen (secondary N) is 7. The minimum absolute atomic E-state index is 0.00547. The number of aromatic amines is 1. The summed E-state index contributed by atoms with van der Waals surface area (Å²) in [6.07, 6.45) is 1.90. The van der Waals surface area contributed by atoms with Crippen molar-refractivity contribution in [3.8, 4) is 0 Å². The van der Waals surface area contributed by atoms with Crippen LogP contribution in [0.5, 0.6) is 0 Å². The van der Waals surface area contributed by atoms with Gasteiger partial charge in [-0.15, -0.1) is 0 Å². The Kier molecular flexibility index (Phi) is 30.6. The lowest BCUT2D eigenvalue weighted by molar-refractivity contribution is -0.139. The first-order valence-corrected chi connectivity index (χ1v) is 13.6. The van der Waals surface area contributed by atoms with Crippen LogP contribution in [0.4, 0.5) is 0 Å². The molecule has 1 aromatic rings. The Morgan fingerprint density at radius 3 is 1.82 bits per heavy atom. The van der Waals surface area contributed by atoms with E-state index in [1.807, 2.05) is 20.6 Å². The molecule has 0 bridgehead atoms. The second-order valence-electron chi connectivity index (χ2n) is 8.84. The van der Waals surface area contributed by atoms with Crippen LogP contribution in [-0.4, -0.2) is 111 Å². The molecule has 45 heavy (non-hydrogen) atoms. The van der Waals surface area contributed by atoms with E-state index >= 15 is 0 Å². The molecule has 18 heteroatoms. The minimum Gasteiger partial charge on any atom is -0.480 e. The van der Waals surface area contributed by atoms with Gasteiger partial charge in [-0.2, -0.15) is 0 Å². The molecule has 12 N–H and O–H groups in total. The van der Waals surface area contributed by atoms with Gasteiger partial charge in [0.25, 0.3) is 5.91 Å². The van der Waals surface area contributed by atoms with Crippen LogP contribution in [0.2, 0.25) is 0 Å². The van der Waals surface area contributed by atoms with E-state index in [-0.39, 0.29) is 37.1 Å². The molecule has 0 aliphatic rings. The highest BCUT2D eigenvalue weighted by Gasteiger charge is 2.17. The zero-order valence-electron chi connectivity index (χ0n) is 27.3. The normalized spacial score (nSPS) is 11.0. The Balaban J connectivity index is -0.000000278. The van der Waals surface area contributed by atoms with Crippen LogP contribution in [0, 0.1) is 6.92 Å². The number of carboxylic acid groups (broad SMARTS) is 1. The number of carboxylic acids is 1. The molecule has 1 heterocycles. The summed E-state index contributed by atoms with van der Waals surface area (Å²) < 4.78 is 0. The Morgan fingerprint density at radius 1 is 0.956 bits per heavy atom. The molecule has 1 aromatic heterocycles. The molecule has 0 saturated heterocycles. The van der Waals surface area contributed by atoms with Gasteiger partial charge >= 0.3 is 5.97 Å². The molecule has 0 spiro atoms. The first-order valence-electron chi connectivity index (χ1n) is 13.6. The van der Waals surface area contributed by atoms with Crippen LogP contribution in [0.15, 0.2) is 12.3 Å². The SMILES string of the molecule is C=O.CCNC(C)=O.CNC(=O)C(C)NC(=O)CNC(=O)C(N)CCC(N)=O.CNC(=O)c1cc(C)c[nH]1.CNC(C)C(=O)O. The molecule has 0 aliphatic heterocycles. The van der Waals surface area contributed by atoms with Gasteiger partial charge in [0.15, 0.2) is 0 Å². The number of aromatic nitrogens is 1. The largest absolute Gasteiger partial charge is 0.480 e. The van der Waals surface area contributed by atoms with E-state index in [0.717, 1.165) is 12.1 Å². The number of H-pyrrole nitrogens is 1. The number of hydrogen-bond donors (Lipinski definition) is 10. The minimum atomic E-state index is -0.910. The van der Waals surface area contributed by atoms with E-state index in [0.29, 0.717) is 5.69 Å². The number of carbonyl (C=O) groups excluding carboxylic acids is 7. The third-order valence-electron chi connectivity index (χ3n) is 5.01. The molecule has 0 radical (unpaired) electrons. The van der Waals surface area contributed by atoms with Crippen molar-refractivity contribution in [1.82, 2.24) is 36.9 Å². The molecule has 6 amide bonds. The number of hydrogen-bond acceptors (Lipinski definition) is 10. The van der Waals surface area contributed by atoms with E-state index < -0.39 is 41.8 Å². The number of amides is 6. The predicted octanol–water partition coefficient (Wildman–Crippen LogP) is -2.73. The Bertz CT molecular complexity index is 1050. The summed E-state index contributed by atoms with van der Waals surface area (Å²) in [5, 5.41) is 22.9. The van der Waals surface area contributed by atoms with Crippen LogP contribution in [0.1, 0.15) is 56.6 Å². The number of primary amides is 1. The fraction of sp³-hybridized carbons (Fsp3) is 0.556. The molecule has 0 fully saturated rings. The van der Waals surface area contributed by atoms with Gasteiger partial charge in [-0.05, 0) is 52.8 Å². The van der Waals surface area contributed by atoms with Crippen LogP contribution < -0.4 is 43.4 Å². The van der Waals surface area contributed by atoms with Crippen molar-refractivity contribution in [2.75, 3.05) is 34.2 Å². The summed E-state index contributed by atoms with van der Waals surface area (Å²) in [5.74, 6) is -2.83. The van der Waals surface area contributed by atoms with Crippen molar-refractivity contribution in [2.24, 2.45) is 11.5 Å². The molecule has 3 unspecified atom stereocenters. The lowest BCUT2D eigenvalue weighted by Gasteiger charge is -2.14. The third-order valence-corrected chi connectivity index (χ3v) is 5.01. The van der Waals surface area contributed by atoms with E-state index in [2.05, 4.69) is 36.9 Å². The maximum atomic E-state index is 11.5. The van der Waals surface area contributed by atoms with E-state index in [1.54, 1.807) is 33.3 Å². The zero-order chi connectivity index (χ0) is 36.1. The molecular formula is C27H51N9O9. The lowest BCUT2D eigenvalue weighted by atomic mass is 10.1. The standard InChI is InChI=1S/C11H21N5O4.C7H10N2O.C4H9NO2.C4H9NO.CH2O/c1-6(10(19)14-2)16-9(18)5-15-11(20)7(12)3-4-8(13)17;1-5-3-6(9-4-5)7(10)8-2;1-3(5-2)4(6)7;1-3-5-4(2)6;1-2/h6-7H,3-5,12H2,1-2H3,(H2,13,17)(H,14,19)(H,15,20)(H,16,18);3-4,9H,1-2H3,(H,8,10);3,5H,1-2H3,(H,6,7);3H2,1-2H3,(H,5,6);1H2. The fourth-order valence-electron chi connectivity index (χ4n) is 2.44. The molecule has 3 atom stereocenters. The van der Waals surface area contributed by atoms with Gasteiger partial charge in [-0.1, -0.05) is 0 Å². The second-order valence-corrected chi connectivity index (χ2v) is 8.84. The van der Waals surface area contributed by atoms with Crippen molar-refractivity contribution < 1.29 is 43.5 Å². The zero-order valence-corrected chi connectivity index (χ0v) is 27.3. The van der Waals surface area contributed by atoms with E-state index in [9.17, 15) is 33.6 Å². The number of aryl methyl sites for hydroxylation is 1. The smallest absolute Gasteiger partial charge is 0.320 e. The van der Waals surface area contributed by atoms with Crippen molar-refractivity contribution in [3.05, 3.63) is 23.5 Å². The number of carbonyl (C=O) groups is 8. The van der Waals surface area contributed by atoms with Crippen molar-refractivity contribution in [1.29, 1.82) is 0 Å². The average Bonchev–Trinajstić information content (AvgIpc) is 3.45. The predicted molar refractivity (Wildman–Crippen MR) is 168 cm³/mol. The molecular weight excluding hydrogens is 594 g/mol. The summed E-state index contributed by atoms with van der Waals surface area (Å²) in [6, 6.07) is -0.238. The molecule has 0 aromatic carbocycles.